The Bertz CT molecular complexity index is 452. The van der Waals surface area contributed by atoms with E-state index in [4.69, 9.17) is 16.3 Å². The van der Waals surface area contributed by atoms with Gasteiger partial charge in [0.25, 0.3) is 0 Å². The fourth-order valence-electron chi connectivity index (χ4n) is 2.38. The number of hydrogen-bond acceptors (Lipinski definition) is 3. The summed E-state index contributed by atoms with van der Waals surface area (Å²) in [6, 6.07) is 5.28. The fourth-order valence-corrected chi connectivity index (χ4v) is 2.55. The molecule has 1 aromatic rings. The van der Waals surface area contributed by atoms with Crippen LogP contribution in [0, 0.1) is 0 Å². The number of ketones is 1. The Hall–Kier alpha value is -1.06. The van der Waals surface area contributed by atoms with Crippen LogP contribution < -0.4 is 5.32 Å². The first-order chi connectivity index (χ1) is 7.71. The van der Waals surface area contributed by atoms with Crippen LogP contribution in [0.25, 0.3) is 0 Å². The predicted octanol–water partition coefficient (Wildman–Crippen LogP) is 2.85. The Labute approximate surface area is 98.7 Å². The molecule has 4 heteroatoms. The summed E-state index contributed by atoms with van der Waals surface area (Å²) in [5.74, 6) is 0.0406. The van der Waals surface area contributed by atoms with Crippen LogP contribution in [0.3, 0.4) is 0 Å². The van der Waals surface area contributed by atoms with E-state index in [-0.39, 0.29) is 5.78 Å². The van der Waals surface area contributed by atoms with Crippen LogP contribution in [0.15, 0.2) is 18.2 Å². The lowest BCUT2D eigenvalue weighted by atomic mass is 9.97. The fraction of sp³-hybridized carbons (Fsp3) is 0.417. The average molecular weight is 238 g/mol. The molecule has 3 nitrogen and oxygen atoms in total. The molecule has 1 fully saturated rings. The van der Waals surface area contributed by atoms with Crippen LogP contribution in [0.1, 0.15) is 29.6 Å². The summed E-state index contributed by atoms with van der Waals surface area (Å²) in [5.41, 5.74) is 0.663. The number of ether oxygens (including phenoxy) is 1. The van der Waals surface area contributed by atoms with E-state index in [1.807, 2.05) is 0 Å². The van der Waals surface area contributed by atoms with E-state index in [9.17, 15) is 4.79 Å². The molecule has 1 spiro atoms. The molecule has 1 N–H and O–H groups in total. The van der Waals surface area contributed by atoms with E-state index >= 15 is 0 Å². The van der Waals surface area contributed by atoms with Crippen molar-refractivity contribution in [1.82, 2.24) is 0 Å². The molecule has 2 heterocycles. The van der Waals surface area contributed by atoms with Gasteiger partial charge in [0.05, 0.1) is 0 Å². The maximum Gasteiger partial charge on any atom is 0.217 e. The van der Waals surface area contributed by atoms with Crippen molar-refractivity contribution in [3.8, 4) is 0 Å². The zero-order valence-electron chi connectivity index (χ0n) is 8.75. The molecular weight excluding hydrogens is 226 g/mol. The van der Waals surface area contributed by atoms with Crippen molar-refractivity contribution in [2.24, 2.45) is 0 Å². The molecule has 2 aliphatic heterocycles. The van der Waals surface area contributed by atoms with E-state index in [0.717, 1.165) is 24.9 Å². The monoisotopic (exact) mass is 237 g/mol. The normalized spacial score (nSPS) is 27.9. The van der Waals surface area contributed by atoms with Gasteiger partial charge in [-0.05, 0) is 31.0 Å². The van der Waals surface area contributed by atoms with E-state index in [0.29, 0.717) is 17.2 Å². The molecule has 1 saturated heterocycles. The topological polar surface area (TPSA) is 38.3 Å². The third kappa shape index (κ3) is 1.35. The highest BCUT2D eigenvalue weighted by Gasteiger charge is 2.47. The molecule has 1 atom stereocenters. The van der Waals surface area contributed by atoms with Crippen LogP contribution in [0.2, 0.25) is 5.02 Å². The highest BCUT2D eigenvalue weighted by molar-refractivity contribution is 6.31. The second kappa shape index (κ2) is 3.47. The minimum atomic E-state index is -0.814. The Kier molecular flexibility index (Phi) is 2.19. The standard InChI is InChI=1S/C12H12ClNO2/c13-8-3-4-9-10(7-8)14-12(11(9)15)5-1-2-6-16-12/h3-4,7,14H,1-2,5-6H2. The Morgan fingerprint density at radius 2 is 2.25 bits per heavy atom. The van der Waals surface area contributed by atoms with Gasteiger partial charge in [0.15, 0.2) is 0 Å². The maximum atomic E-state index is 12.3. The molecule has 84 valence electrons. The third-order valence-electron chi connectivity index (χ3n) is 3.20. The summed E-state index contributed by atoms with van der Waals surface area (Å²) in [5, 5.41) is 3.82. The number of hydrogen-bond donors (Lipinski definition) is 1. The van der Waals surface area contributed by atoms with Gasteiger partial charge in [0.2, 0.25) is 11.5 Å². The number of benzene rings is 1. The molecule has 3 rings (SSSR count). The molecular formula is C12H12ClNO2. The van der Waals surface area contributed by atoms with Crippen molar-refractivity contribution in [3.63, 3.8) is 0 Å². The summed E-state index contributed by atoms with van der Waals surface area (Å²) >= 11 is 5.91. The lowest BCUT2D eigenvalue weighted by Crippen LogP contribution is -2.46. The van der Waals surface area contributed by atoms with Gasteiger partial charge < -0.3 is 10.1 Å². The van der Waals surface area contributed by atoms with Gasteiger partial charge in [0.1, 0.15) is 0 Å². The molecule has 1 unspecified atom stereocenters. The summed E-state index contributed by atoms with van der Waals surface area (Å²) in [7, 11) is 0. The van der Waals surface area contributed by atoms with Crippen molar-refractivity contribution in [3.05, 3.63) is 28.8 Å². The molecule has 0 aromatic heterocycles. The second-order valence-corrected chi connectivity index (χ2v) is 4.71. The third-order valence-corrected chi connectivity index (χ3v) is 3.44. The molecule has 2 aliphatic rings. The zero-order valence-corrected chi connectivity index (χ0v) is 9.51. The maximum absolute atomic E-state index is 12.3. The van der Waals surface area contributed by atoms with Crippen LogP contribution >= 0.6 is 11.6 Å². The van der Waals surface area contributed by atoms with Gasteiger partial charge >= 0.3 is 0 Å². The summed E-state index contributed by atoms with van der Waals surface area (Å²) in [6.45, 7) is 0.639. The van der Waals surface area contributed by atoms with Crippen LogP contribution in [-0.4, -0.2) is 18.1 Å². The Morgan fingerprint density at radius 1 is 1.38 bits per heavy atom. The minimum absolute atomic E-state index is 0.0406. The SMILES string of the molecule is O=C1c2ccc(Cl)cc2NC12CCCCO2. The predicted molar refractivity (Wildman–Crippen MR) is 61.9 cm³/mol. The zero-order chi connectivity index (χ0) is 11.2. The molecule has 1 aromatic carbocycles. The van der Waals surface area contributed by atoms with Gasteiger partial charge in [-0.3, -0.25) is 4.79 Å². The van der Waals surface area contributed by atoms with Gasteiger partial charge in [0, 0.05) is 29.3 Å². The molecule has 0 bridgehead atoms. The van der Waals surface area contributed by atoms with Gasteiger partial charge in [-0.1, -0.05) is 11.6 Å². The molecule has 0 radical (unpaired) electrons. The Morgan fingerprint density at radius 3 is 3.00 bits per heavy atom. The number of carbonyl (C=O) groups is 1. The van der Waals surface area contributed by atoms with Gasteiger partial charge in [-0.15, -0.1) is 0 Å². The number of anilines is 1. The van der Waals surface area contributed by atoms with E-state index in [1.54, 1.807) is 18.2 Å². The van der Waals surface area contributed by atoms with Gasteiger partial charge in [-0.2, -0.15) is 0 Å². The number of rotatable bonds is 0. The van der Waals surface area contributed by atoms with Crippen molar-refractivity contribution in [1.29, 1.82) is 0 Å². The lowest BCUT2D eigenvalue weighted by molar-refractivity contribution is -0.0337. The first-order valence-electron chi connectivity index (χ1n) is 5.48. The highest BCUT2D eigenvalue weighted by Crippen LogP contribution is 2.39. The van der Waals surface area contributed by atoms with Crippen LogP contribution in [0.5, 0.6) is 0 Å². The summed E-state index contributed by atoms with van der Waals surface area (Å²) in [4.78, 5) is 12.3. The first-order valence-corrected chi connectivity index (χ1v) is 5.86. The van der Waals surface area contributed by atoms with Crippen LogP contribution in [0.4, 0.5) is 5.69 Å². The first kappa shape index (κ1) is 10.1. The number of Topliss-reactive ketones (excluding diaryl/α,β-unsaturated/α-hetero) is 1. The van der Waals surface area contributed by atoms with Crippen molar-refractivity contribution in [2.75, 3.05) is 11.9 Å². The summed E-state index contributed by atoms with van der Waals surface area (Å²) in [6.07, 6.45) is 2.77. The quantitative estimate of drug-likeness (QED) is 0.754. The molecule has 0 saturated carbocycles. The van der Waals surface area contributed by atoms with E-state index < -0.39 is 5.72 Å². The number of carbonyl (C=O) groups excluding carboxylic acids is 1. The van der Waals surface area contributed by atoms with Crippen molar-refractivity contribution < 1.29 is 9.53 Å². The van der Waals surface area contributed by atoms with Gasteiger partial charge in [-0.25, -0.2) is 0 Å². The molecule has 0 aliphatic carbocycles. The van der Waals surface area contributed by atoms with Crippen molar-refractivity contribution in [2.45, 2.75) is 25.0 Å². The highest BCUT2D eigenvalue weighted by atomic mass is 35.5. The molecule has 16 heavy (non-hydrogen) atoms. The van der Waals surface area contributed by atoms with Crippen LogP contribution in [-0.2, 0) is 4.74 Å². The summed E-state index contributed by atoms with van der Waals surface area (Å²) < 4.78 is 5.66. The second-order valence-electron chi connectivity index (χ2n) is 4.28. The average Bonchev–Trinajstić information content (AvgIpc) is 2.53. The van der Waals surface area contributed by atoms with E-state index in [2.05, 4.69) is 5.32 Å². The number of nitrogens with one attached hydrogen (secondary N) is 1. The molecule has 0 amide bonds. The number of fused-ring (bicyclic) bond motifs is 1. The number of halogens is 1. The Balaban J connectivity index is 2.02. The largest absolute Gasteiger partial charge is 0.350 e. The lowest BCUT2D eigenvalue weighted by Gasteiger charge is -2.32. The smallest absolute Gasteiger partial charge is 0.217 e. The van der Waals surface area contributed by atoms with E-state index in [1.165, 1.54) is 0 Å². The van der Waals surface area contributed by atoms with Crippen molar-refractivity contribution >= 4 is 23.1 Å². The minimum Gasteiger partial charge on any atom is -0.350 e.